The summed E-state index contributed by atoms with van der Waals surface area (Å²) in [6.07, 6.45) is 0. The van der Waals surface area contributed by atoms with Gasteiger partial charge in [0.05, 0.1) is 29.1 Å². The average molecular weight is 282 g/mol. The monoisotopic (exact) mass is 282 g/mol. The van der Waals surface area contributed by atoms with Crippen LogP contribution in [0.3, 0.4) is 0 Å². The molecule has 2 heterocycles. The SMILES string of the molecule is COc1ccc(C(C#N)c2nc3ccccc3s2)nn1. The number of para-hydroxylation sites is 1. The third kappa shape index (κ3) is 2.19. The van der Waals surface area contributed by atoms with Crippen molar-refractivity contribution in [1.82, 2.24) is 15.2 Å². The number of fused-ring (bicyclic) bond motifs is 1. The first kappa shape index (κ1) is 12.5. The molecule has 0 aliphatic heterocycles. The van der Waals surface area contributed by atoms with Crippen LogP contribution in [0.15, 0.2) is 36.4 Å². The molecule has 6 heteroatoms. The summed E-state index contributed by atoms with van der Waals surface area (Å²) in [7, 11) is 1.53. The van der Waals surface area contributed by atoms with Gasteiger partial charge in [-0.25, -0.2) is 4.98 Å². The van der Waals surface area contributed by atoms with Gasteiger partial charge in [0.15, 0.2) is 0 Å². The molecule has 0 amide bonds. The summed E-state index contributed by atoms with van der Waals surface area (Å²) < 4.78 is 6.03. The van der Waals surface area contributed by atoms with E-state index in [1.165, 1.54) is 18.4 Å². The number of thiazole rings is 1. The van der Waals surface area contributed by atoms with Crippen molar-refractivity contribution in [1.29, 1.82) is 5.26 Å². The topological polar surface area (TPSA) is 71.7 Å². The molecule has 0 saturated heterocycles. The summed E-state index contributed by atoms with van der Waals surface area (Å²) in [6.45, 7) is 0. The second-order valence-electron chi connectivity index (χ2n) is 4.08. The zero-order chi connectivity index (χ0) is 13.9. The Labute approximate surface area is 119 Å². The molecule has 1 atom stereocenters. The highest BCUT2D eigenvalue weighted by atomic mass is 32.1. The van der Waals surface area contributed by atoms with Gasteiger partial charge in [-0.2, -0.15) is 10.4 Å². The highest BCUT2D eigenvalue weighted by Gasteiger charge is 2.20. The Morgan fingerprint density at radius 3 is 2.70 bits per heavy atom. The fourth-order valence-electron chi connectivity index (χ4n) is 1.85. The third-order valence-electron chi connectivity index (χ3n) is 2.85. The predicted molar refractivity (Wildman–Crippen MR) is 75.7 cm³/mol. The van der Waals surface area contributed by atoms with E-state index in [-0.39, 0.29) is 0 Å². The lowest BCUT2D eigenvalue weighted by molar-refractivity contribution is 0.391. The molecule has 0 N–H and O–H groups in total. The van der Waals surface area contributed by atoms with E-state index in [2.05, 4.69) is 21.3 Å². The van der Waals surface area contributed by atoms with Crippen molar-refractivity contribution >= 4 is 21.6 Å². The summed E-state index contributed by atoms with van der Waals surface area (Å²) in [5.74, 6) is -0.0828. The standard InChI is InChI=1S/C14H10N4OS/c1-19-13-7-6-10(17-18-13)9(8-15)14-16-11-4-2-3-5-12(11)20-14/h2-7,9H,1H3. The summed E-state index contributed by atoms with van der Waals surface area (Å²) in [5, 5.41) is 18.1. The first-order valence-electron chi connectivity index (χ1n) is 5.94. The number of methoxy groups -OCH3 is 1. The fourth-order valence-corrected chi connectivity index (χ4v) is 2.88. The molecule has 0 aliphatic carbocycles. The van der Waals surface area contributed by atoms with Gasteiger partial charge in [0.2, 0.25) is 5.88 Å². The first-order valence-corrected chi connectivity index (χ1v) is 6.76. The quantitative estimate of drug-likeness (QED) is 0.738. The van der Waals surface area contributed by atoms with E-state index in [0.29, 0.717) is 11.6 Å². The van der Waals surface area contributed by atoms with E-state index >= 15 is 0 Å². The second-order valence-corrected chi connectivity index (χ2v) is 5.14. The molecule has 5 nitrogen and oxygen atoms in total. The van der Waals surface area contributed by atoms with E-state index in [1.807, 2.05) is 24.3 Å². The molecule has 20 heavy (non-hydrogen) atoms. The number of ether oxygens (including phenoxy) is 1. The van der Waals surface area contributed by atoms with Crippen LogP contribution in [-0.4, -0.2) is 22.3 Å². The number of aromatic nitrogens is 3. The summed E-state index contributed by atoms with van der Waals surface area (Å²) >= 11 is 1.50. The second kappa shape index (κ2) is 5.23. The lowest BCUT2D eigenvalue weighted by Gasteiger charge is -2.04. The maximum atomic E-state index is 9.40. The molecule has 0 saturated carbocycles. The Bertz CT molecular complexity index is 743. The van der Waals surface area contributed by atoms with Crippen molar-refractivity contribution < 1.29 is 4.74 Å². The number of hydrogen-bond acceptors (Lipinski definition) is 6. The minimum atomic E-state index is -0.509. The summed E-state index contributed by atoms with van der Waals surface area (Å²) in [5.41, 5.74) is 1.47. The van der Waals surface area contributed by atoms with Gasteiger partial charge in [0.1, 0.15) is 10.9 Å². The Balaban J connectivity index is 2.02. The predicted octanol–water partition coefficient (Wildman–Crippen LogP) is 2.75. The molecule has 0 spiro atoms. The lowest BCUT2D eigenvalue weighted by atomic mass is 10.1. The molecule has 0 radical (unpaired) electrons. The third-order valence-corrected chi connectivity index (χ3v) is 3.95. The number of nitrogens with zero attached hydrogens (tertiary/aromatic N) is 4. The van der Waals surface area contributed by atoms with E-state index < -0.39 is 5.92 Å². The minimum absolute atomic E-state index is 0.426. The van der Waals surface area contributed by atoms with E-state index in [9.17, 15) is 5.26 Å². The molecule has 0 bridgehead atoms. The Morgan fingerprint density at radius 1 is 1.20 bits per heavy atom. The van der Waals surface area contributed by atoms with Crippen LogP contribution >= 0.6 is 11.3 Å². The lowest BCUT2D eigenvalue weighted by Crippen LogP contribution is -2.02. The van der Waals surface area contributed by atoms with Crippen LogP contribution in [0.25, 0.3) is 10.2 Å². The first-order chi connectivity index (χ1) is 9.81. The summed E-state index contributed by atoms with van der Waals surface area (Å²) in [6, 6.07) is 13.5. The van der Waals surface area contributed by atoms with E-state index in [4.69, 9.17) is 4.74 Å². The highest BCUT2D eigenvalue weighted by Crippen LogP contribution is 2.30. The van der Waals surface area contributed by atoms with Crippen LogP contribution in [-0.2, 0) is 0 Å². The van der Waals surface area contributed by atoms with Gasteiger partial charge in [-0.3, -0.25) is 0 Å². The van der Waals surface area contributed by atoms with Gasteiger partial charge in [0, 0.05) is 6.07 Å². The van der Waals surface area contributed by atoms with Gasteiger partial charge >= 0.3 is 0 Å². The molecule has 3 aromatic rings. The molecule has 1 unspecified atom stereocenters. The van der Waals surface area contributed by atoms with E-state index in [0.717, 1.165) is 15.2 Å². The largest absolute Gasteiger partial charge is 0.480 e. The maximum absolute atomic E-state index is 9.40. The Hall–Kier alpha value is -2.52. The van der Waals surface area contributed by atoms with Gasteiger partial charge in [-0.1, -0.05) is 12.1 Å². The van der Waals surface area contributed by atoms with Crippen LogP contribution in [0.5, 0.6) is 5.88 Å². The molecule has 3 rings (SSSR count). The van der Waals surface area contributed by atoms with Crippen LogP contribution in [0.2, 0.25) is 0 Å². The Morgan fingerprint density at radius 2 is 2.05 bits per heavy atom. The molecular formula is C14H10N4OS. The van der Waals surface area contributed by atoms with Crippen molar-refractivity contribution in [2.75, 3.05) is 7.11 Å². The van der Waals surface area contributed by atoms with Crippen molar-refractivity contribution in [3.8, 4) is 11.9 Å². The normalized spacial score (nSPS) is 12.0. The number of rotatable bonds is 3. The molecule has 2 aromatic heterocycles. The molecule has 1 aromatic carbocycles. The Kier molecular flexibility index (Phi) is 3.27. The van der Waals surface area contributed by atoms with Crippen molar-refractivity contribution in [2.24, 2.45) is 0 Å². The molecule has 0 aliphatic rings. The number of hydrogen-bond donors (Lipinski definition) is 0. The van der Waals surface area contributed by atoms with Crippen LogP contribution < -0.4 is 4.74 Å². The zero-order valence-corrected chi connectivity index (χ0v) is 11.5. The van der Waals surface area contributed by atoms with Crippen molar-refractivity contribution in [3.05, 3.63) is 47.1 Å². The average Bonchev–Trinajstić information content (AvgIpc) is 2.92. The number of benzene rings is 1. The van der Waals surface area contributed by atoms with Gasteiger partial charge in [-0.05, 0) is 18.2 Å². The highest BCUT2D eigenvalue weighted by molar-refractivity contribution is 7.18. The molecule has 0 fully saturated rings. The fraction of sp³-hybridized carbons (Fsp3) is 0.143. The minimum Gasteiger partial charge on any atom is -0.480 e. The van der Waals surface area contributed by atoms with Gasteiger partial charge in [0.25, 0.3) is 0 Å². The van der Waals surface area contributed by atoms with Crippen molar-refractivity contribution in [3.63, 3.8) is 0 Å². The summed E-state index contributed by atoms with van der Waals surface area (Å²) in [4.78, 5) is 4.50. The van der Waals surface area contributed by atoms with Crippen molar-refractivity contribution in [2.45, 2.75) is 5.92 Å². The molecule has 98 valence electrons. The maximum Gasteiger partial charge on any atom is 0.233 e. The van der Waals surface area contributed by atoms with E-state index in [1.54, 1.807) is 12.1 Å². The van der Waals surface area contributed by atoms with Gasteiger partial charge in [-0.15, -0.1) is 16.4 Å². The zero-order valence-electron chi connectivity index (χ0n) is 10.6. The van der Waals surface area contributed by atoms with Gasteiger partial charge < -0.3 is 4.74 Å². The van der Waals surface area contributed by atoms with Crippen LogP contribution in [0.1, 0.15) is 16.6 Å². The van der Waals surface area contributed by atoms with Crippen LogP contribution in [0, 0.1) is 11.3 Å². The number of nitriles is 1. The van der Waals surface area contributed by atoms with Crippen LogP contribution in [0.4, 0.5) is 0 Å². The molecular weight excluding hydrogens is 272 g/mol. The smallest absolute Gasteiger partial charge is 0.233 e.